The molecule has 0 bridgehead atoms. The highest BCUT2D eigenvalue weighted by Crippen LogP contribution is 2.27. The average molecular weight is 458 g/mol. The van der Waals surface area contributed by atoms with E-state index >= 15 is 0 Å². The number of benzene rings is 2. The van der Waals surface area contributed by atoms with Crippen LogP contribution in [0.4, 0.5) is 0 Å². The van der Waals surface area contributed by atoms with Crippen LogP contribution in [0.5, 0.6) is 0 Å². The number of carbonyl (C=O) groups excluding carboxylic acids is 1. The Morgan fingerprint density at radius 1 is 0.941 bits per heavy atom. The number of hydrogen-bond acceptors (Lipinski definition) is 4. The highest BCUT2D eigenvalue weighted by atomic mass is 16.2. The van der Waals surface area contributed by atoms with E-state index in [1.807, 2.05) is 47.0 Å². The van der Waals surface area contributed by atoms with Gasteiger partial charge < -0.3 is 14.8 Å². The second-order valence-electron chi connectivity index (χ2n) is 9.06. The summed E-state index contributed by atoms with van der Waals surface area (Å²) in [6, 6.07) is 18.1. The van der Waals surface area contributed by atoms with E-state index in [0.717, 1.165) is 47.9 Å². The first-order chi connectivity index (χ1) is 16.7. The van der Waals surface area contributed by atoms with E-state index in [-0.39, 0.29) is 18.0 Å². The molecule has 34 heavy (non-hydrogen) atoms. The van der Waals surface area contributed by atoms with Crippen molar-refractivity contribution in [2.75, 3.05) is 26.2 Å². The second-order valence-corrected chi connectivity index (χ2v) is 9.06. The van der Waals surface area contributed by atoms with Gasteiger partial charge in [0.25, 0.3) is 5.56 Å². The summed E-state index contributed by atoms with van der Waals surface area (Å²) in [7, 11) is 0. The molecule has 176 valence electrons. The van der Waals surface area contributed by atoms with Crippen LogP contribution in [0.25, 0.3) is 21.8 Å². The van der Waals surface area contributed by atoms with Gasteiger partial charge in [0.2, 0.25) is 5.91 Å². The quantitative estimate of drug-likeness (QED) is 0.412. The zero-order valence-corrected chi connectivity index (χ0v) is 19.4. The summed E-state index contributed by atoms with van der Waals surface area (Å²) in [6.07, 6.45) is 6.49. The molecule has 0 radical (unpaired) electrons. The lowest BCUT2D eigenvalue weighted by molar-refractivity contribution is -0.121. The lowest BCUT2D eigenvalue weighted by Gasteiger charge is -2.26. The van der Waals surface area contributed by atoms with Crippen molar-refractivity contribution in [2.24, 2.45) is 0 Å². The molecule has 0 aliphatic carbocycles. The molecular formula is C27H31N5O2. The third kappa shape index (κ3) is 4.75. The molecule has 0 unspecified atom stereocenters. The van der Waals surface area contributed by atoms with Gasteiger partial charge in [-0.15, -0.1) is 0 Å². The first-order valence-electron chi connectivity index (χ1n) is 12.2. The summed E-state index contributed by atoms with van der Waals surface area (Å²) in [5.74, 6) is -0.182. The summed E-state index contributed by atoms with van der Waals surface area (Å²) >= 11 is 0. The van der Waals surface area contributed by atoms with Crippen molar-refractivity contribution in [2.45, 2.75) is 38.8 Å². The number of amides is 1. The molecule has 1 N–H and O–H groups in total. The van der Waals surface area contributed by atoms with Crippen molar-refractivity contribution in [1.29, 1.82) is 0 Å². The number of para-hydroxylation sites is 1. The standard InChI is InChI=1S/C27H31N5O2/c33-25(28-14-9-17-30-15-7-2-8-16-30)20-32-27(34)26-23(18-29-32)22-12-5-6-13-24(22)31(26)19-21-10-3-1-4-11-21/h1,3-6,10-13,18H,2,7-9,14-17,19-20H2,(H,28,33). The van der Waals surface area contributed by atoms with Crippen molar-refractivity contribution in [1.82, 2.24) is 24.6 Å². The van der Waals surface area contributed by atoms with Crippen LogP contribution in [0.15, 0.2) is 65.6 Å². The summed E-state index contributed by atoms with van der Waals surface area (Å²) in [6.45, 7) is 4.43. The van der Waals surface area contributed by atoms with Gasteiger partial charge in [-0.25, -0.2) is 4.68 Å². The molecular weight excluding hydrogens is 426 g/mol. The van der Waals surface area contributed by atoms with Crippen molar-refractivity contribution in [3.8, 4) is 0 Å². The highest BCUT2D eigenvalue weighted by molar-refractivity contribution is 6.07. The Bertz CT molecular complexity index is 1340. The zero-order chi connectivity index (χ0) is 23.3. The second kappa shape index (κ2) is 10.2. The Morgan fingerprint density at radius 3 is 2.53 bits per heavy atom. The number of aromatic nitrogens is 3. The molecule has 7 heteroatoms. The van der Waals surface area contributed by atoms with Crippen LogP contribution in [0.1, 0.15) is 31.2 Å². The lowest BCUT2D eigenvalue weighted by atomic mass is 10.1. The van der Waals surface area contributed by atoms with Gasteiger partial charge in [0.05, 0.1) is 6.20 Å². The molecule has 0 spiro atoms. The Labute approximate surface area is 199 Å². The molecule has 3 heterocycles. The van der Waals surface area contributed by atoms with Crippen LogP contribution >= 0.6 is 0 Å². The van der Waals surface area contributed by atoms with Gasteiger partial charge in [-0.05, 0) is 50.5 Å². The number of carbonyl (C=O) groups is 1. The molecule has 1 aliphatic rings. The number of piperidine rings is 1. The van der Waals surface area contributed by atoms with Gasteiger partial charge in [0, 0.05) is 29.4 Å². The summed E-state index contributed by atoms with van der Waals surface area (Å²) in [5, 5.41) is 9.10. The molecule has 1 fully saturated rings. The molecule has 0 saturated carbocycles. The van der Waals surface area contributed by atoms with E-state index in [1.54, 1.807) is 6.20 Å². The number of fused-ring (bicyclic) bond motifs is 3. The average Bonchev–Trinajstić information content (AvgIpc) is 3.19. The third-order valence-electron chi connectivity index (χ3n) is 6.67. The molecule has 1 aliphatic heterocycles. The molecule has 0 atom stereocenters. The summed E-state index contributed by atoms with van der Waals surface area (Å²) in [4.78, 5) is 28.5. The Hall–Kier alpha value is -3.45. The monoisotopic (exact) mass is 457 g/mol. The first-order valence-corrected chi connectivity index (χ1v) is 12.2. The van der Waals surface area contributed by atoms with Gasteiger partial charge in [0.1, 0.15) is 12.1 Å². The van der Waals surface area contributed by atoms with Crippen LogP contribution in [0, 0.1) is 0 Å². The van der Waals surface area contributed by atoms with E-state index in [9.17, 15) is 9.59 Å². The number of hydrogen-bond donors (Lipinski definition) is 1. The number of nitrogens with one attached hydrogen (secondary N) is 1. The lowest BCUT2D eigenvalue weighted by Crippen LogP contribution is -2.36. The van der Waals surface area contributed by atoms with Crippen molar-refractivity contribution < 1.29 is 4.79 Å². The van der Waals surface area contributed by atoms with Gasteiger partial charge in [-0.2, -0.15) is 5.10 Å². The van der Waals surface area contributed by atoms with E-state index in [4.69, 9.17) is 0 Å². The predicted molar refractivity (Wildman–Crippen MR) is 135 cm³/mol. The van der Waals surface area contributed by atoms with Gasteiger partial charge in [0.15, 0.2) is 0 Å². The molecule has 1 saturated heterocycles. The van der Waals surface area contributed by atoms with Gasteiger partial charge in [-0.3, -0.25) is 9.59 Å². The minimum Gasteiger partial charge on any atom is -0.354 e. The molecule has 7 nitrogen and oxygen atoms in total. The first kappa shape index (κ1) is 22.3. The Balaban J connectivity index is 1.35. The van der Waals surface area contributed by atoms with E-state index in [1.165, 1.54) is 23.9 Å². The fourth-order valence-electron chi connectivity index (χ4n) is 4.94. The predicted octanol–water partition coefficient (Wildman–Crippen LogP) is 3.39. The molecule has 5 rings (SSSR count). The molecule has 1 amide bonds. The summed E-state index contributed by atoms with van der Waals surface area (Å²) in [5.41, 5.74) is 2.44. The Morgan fingerprint density at radius 2 is 1.71 bits per heavy atom. The molecule has 4 aromatic rings. The highest BCUT2D eigenvalue weighted by Gasteiger charge is 2.17. The van der Waals surface area contributed by atoms with Crippen LogP contribution in [0.3, 0.4) is 0 Å². The number of nitrogens with zero attached hydrogens (tertiary/aromatic N) is 4. The van der Waals surface area contributed by atoms with Crippen LogP contribution in [-0.2, 0) is 17.9 Å². The van der Waals surface area contributed by atoms with Crippen LogP contribution in [-0.4, -0.2) is 51.3 Å². The van der Waals surface area contributed by atoms with Crippen molar-refractivity contribution >= 4 is 27.7 Å². The maximum atomic E-state index is 13.5. The maximum absolute atomic E-state index is 13.5. The summed E-state index contributed by atoms with van der Waals surface area (Å²) < 4.78 is 3.32. The smallest absolute Gasteiger partial charge is 0.291 e. The topological polar surface area (TPSA) is 72.2 Å². The number of likely N-dealkylation sites (tertiary alicyclic amines) is 1. The maximum Gasteiger partial charge on any atom is 0.291 e. The fraction of sp³-hybridized carbons (Fsp3) is 0.370. The molecule has 2 aromatic carbocycles. The normalized spacial score (nSPS) is 14.6. The zero-order valence-electron chi connectivity index (χ0n) is 19.4. The minimum atomic E-state index is -0.243. The third-order valence-corrected chi connectivity index (χ3v) is 6.67. The van der Waals surface area contributed by atoms with Crippen LogP contribution < -0.4 is 10.9 Å². The number of rotatable bonds is 8. The minimum absolute atomic E-state index is 0.0780. The van der Waals surface area contributed by atoms with E-state index < -0.39 is 0 Å². The fourth-order valence-corrected chi connectivity index (χ4v) is 4.94. The SMILES string of the molecule is O=C(Cn1ncc2c3ccccc3n(Cc3ccccc3)c2c1=O)NCCCN1CCCCC1. The largest absolute Gasteiger partial charge is 0.354 e. The van der Waals surface area contributed by atoms with Crippen molar-refractivity contribution in [3.63, 3.8) is 0 Å². The molecule has 2 aromatic heterocycles. The van der Waals surface area contributed by atoms with E-state index in [0.29, 0.717) is 18.6 Å². The Kier molecular flexibility index (Phi) is 6.72. The van der Waals surface area contributed by atoms with Crippen molar-refractivity contribution in [3.05, 3.63) is 76.7 Å². The van der Waals surface area contributed by atoms with Gasteiger partial charge in [-0.1, -0.05) is 55.0 Å². The van der Waals surface area contributed by atoms with Gasteiger partial charge >= 0.3 is 0 Å². The van der Waals surface area contributed by atoms with Crippen LogP contribution in [0.2, 0.25) is 0 Å². The van der Waals surface area contributed by atoms with E-state index in [2.05, 4.69) is 27.4 Å².